The van der Waals surface area contributed by atoms with Crippen molar-refractivity contribution in [3.05, 3.63) is 60.2 Å². The normalized spacial score (nSPS) is 28.1. The fourth-order valence-corrected chi connectivity index (χ4v) is 8.90. The van der Waals surface area contributed by atoms with Gasteiger partial charge in [-0.2, -0.15) is 0 Å². The molecule has 0 aliphatic carbocycles. The lowest BCUT2D eigenvalue weighted by Gasteiger charge is -2.37. The predicted molar refractivity (Wildman–Crippen MR) is 144 cm³/mol. The third kappa shape index (κ3) is 4.19. The second-order valence-corrected chi connectivity index (χ2v) is 12.0. The number of amides is 2. The van der Waals surface area contributed by atoms with Gasteiger partial charge in [-0.3, -0.25) is 14.4 Å². The van der Waals surface area contributed by atoms with Crippen LogP contribution in [-0.2, 0) is 32.2 Å². The Kier molecular flexibility index (Phi) is 6.80. The molecule has 6 atom stereocenters. The van der Waals surface area contributed by atoms with Gasteiger partial charge < -0.3 is 20.1 Å². The van der Waals surface area contributed by atoms with E-state index in [2.05, 4.69) is 15.6 Å². The van der Waals surface area contributed by atoms with Crippen LogP contribution in [0.1, 0.15) is 25.3 Å². The molecule has 3 aliphatic heterocycles. The average Bonchev–Trinajstić information content (AvgIpc) is 3.70. The molecular formula is C28H31N5O5S. The number of likely N-dealkylation sites (tertiary alicyclic amines) is 1. The van der Waals surface area contributed by atoms with Gasteiger partial charge in [0.05, 0.1) is 41.4 Å². The number of ether oxygens (including phenoxy) is 1. The highest BCUT2D eigenvalue weighted by molar-refractivity contribution is 8.02. The van der Waals surface area contributed by atoms with Gasteiger partial charge in [0.1, 0.15) is 18.2 Å². The quantitative estimate of drug-likeness (QED) is 0.387. The molecule has 11 heteroatoms. The lowest BCUT2D eigenvalue weighted by Crippen LogP contribution is -2.57. The fourth-order valence-electron chi connectivity index (χ4n) is 6.71. The van der Waals surface area contributed by atoms with E-state index in [1.807, 2.05) is 54.6 Å². The second-order valence-electron chi connectivity index (χ2n) is 10.4. The molecule has 0 radical (unpaired) electrons. The zero-order chi connectivity index (χ0) is 27.1. The monoisotopic (exact) mass is 549 g/mol. The van der Waals surface area contributed by atoms with Gasteiger partial charge in [0.15, 0.2) is 0 Å². The van der Waals surface area contributed by atoms with Gasteiger partial charge in [0.25, 0.3) is 0 Å². The summed E-state index contributed by atoms with van der Waals surface area (Å²) < 4.78 is 6.23. The zero-order valence-corrected chi connectivity index (χ0v) is 22.4. The van der Waals surface area contributed by atoms with Gasteiger partial charge in [-0.25, -0.2) is 4.68 Å². The number of nitrogens with zero attached hydrogens (tertiary/aromatic N) is 4. The molecule has 3 aliphatic rings. The number of thioether (sulfide) groups is 1. The van der Waals surface area contributed by atoms with Crippen molar-refractivity contribution in [3.63, 3.8) is 0 Å². The van der Waals surface area contributed by atoms with Crippen molar-refractivity contribution in [1.82, 2.24) is 25.2 Å². The molecule has 3 fully saturated rings. The van der Waals surface area contributed by atoms with E-state index in [1.165, 1.54) is 0 Å². The number of rotatable bonds is 9. The van der Waals surface area contributed by atoms with Crippen LogP contribution in [0.4, 0.5) is 0 Å². The summed E-state index contributed by atoms with van der Waals surface area (Å²) in [6, 6.07) is 15.6. The predicted octanol–water partition coefficient (Wildman–Crippen LogP) is 1.76. The second kappa shape index (κ2) is 10.3. The van der Waals surface area contributed by atoms with E-state index in [1.54, 1.807) is 28.3 Å². The fraction of sp³-hybridized carbons (Fsp3) is 0.464. The van der Waals surface area contributed by atoms with E-state index in [9.17, 15) is 19.5 Å². The van der Waals surface area contributed by atoms with Crippen LogP contribution in [0, 0.1) is 11.8 Å². The average molecular weight is 550 g/mol. The van der Waals surface area contributed by atoms with Crippen LogP contribution in [0.15, 0.2) is 54.6 Å². The van der Waals surface area contributed by atoms with Gasteiger partial charge in [0.2, 0.25) is 11.8 Å². The Bertz CT molecular complexity index is 1400. The molecule has 0 saturated carbocycles. The number of hydrogen-bond donors (Lipinski definition) is 2. The van der Waals surface area contributed by atoms with Crippen LogP contribution >= 0.6 is 11.8 Å². The highest BCUT2D eigenvalue weighted by Crippen LogP contribution is 2.66. The maximum absolute atomic E-state index is 14.2. The van der Waals surface area contributed by atoms with Gasteiger partial charge in [-0.15, -0.1) is 16.9 Å². The summed E-state index contributed by atoms with van der Waals surface area (Å²) in [5, 5.41) is 21.7. The first kappa shape index (κ1) is 25.8. The first-order valence-corrected chi connectivity index (χ1v) is 14.2. The largest absolute Gasteiger partial charge is 0.466 e. The van der Waals surface area contributed by atoms with Gasteiger partial charge in [-0.1, -0.05) is 47.7 Å². The molecule has 39 heavy (non-hydrogen) atoms. The molecule has 204 valence electrons. The van der Waals surface area contributed by atoms with E-state index in [0.29, 0.717) is 18.4 Å². The molecule has 2 unspecified atom stereocenters. The molecule has 2 N–H and O–H groups in total. The highest BCUT2D eigenvalue weighted by atomic mass is 32.2. The van der Waals surface area contributed by atoms with Gasteiger partial charge in [0, 0.05) is 5.25 Å². The van der Waals surface area contributed by atoms with Crippen molar-refractivity contribution in [2.45, 2.75) is 54.9 Å². The maximum atomic E-state index is 14.2. The van der Waals surface area contributed by atoms with E-state index < -0.39 is 28.7 Å². The molecule has 10 nitrogen and oxygen atoms in total. The van der Waals surface area contributed by atoms with Gasteiger partial charge in [-0.05, 0) is 43.9 Å². The van der Waals surface area contributed by atoms with Crippen LogP contribution in [-0.4, -0.2) is 78.1 Å². The summed E-state index contributed by atoms with van der Waals surface area (Å²) in [5.74, 6) is -2.24. The van der Waals surface area contributed by atoms with Crippen LogP contribution < -0.4 is 5.32 Å². The summed E-state index contributed by atoms with van der Waals surface area (Å²) >= 11 is 1.58. The Morgan fingerprint density at radius 1 is 1.21 bits per heavy atom. The number of fused-ring (bicyclic) bond motifs is 2. The number of benzene rings is 2. The minimum Gasteiger partial charge on any atom is -0.466 e. The number of aliphatic hydroxyl groups excluding tert-OH is 1. The number of nitrogens with one attached hydrogen (secondary N) is 1. The van der Waals surface area contributed by atoms with E-state index in [-0.39, 0.29) is 42.9 Å². The zero-order valence-electron chi connectivity index (χ0n) is 21.6. The first-order chi connectivity index (χ1) is 19.0. The Labute approximate surface area is 230 Å². The molecule has 3 saturated heterocycles. The highest BCUT2D eigenvalue weighted by Gasteiger charge is 2.74. The maximum Gasteiger partial charge on any atom is 0.310 e. The Hall–Kier alpha value is -3.44. The van der Waals surface area contributed by atoms with Gasteiger partial charge >= 0.3 is 5.97 Å². The van der Waals surface area contributed by atoms with Crippen LogP contribution in [0.5, 0.6) is 0 Å². The molecule has 2 bridgehead atoms. The summed E-state index contributed by atoms with van der Waals surface area (Å²) in [6.07, 6.45) is 1.76. The number of carbonyl (C=O) groups is 3. The number of carbonyl (C=O) groups excluding carboxylic acids is 3. The molecule has 1 spiro atoms. The van der Waals surface area contributed by atoms with Crippen molar-refractivity contribution in [3.8, 4) is 0 Å². The number of aliphatic hydroxyl groups is 1. The molecule has 3 aromatic rings. The van der Waals surface area contributed by atoms with Crippen molar-refractivity contribution in [2.75, 3.05) is 13.2 Å². The molecule has 1 aromatic heterocycles. The number of esters is 1. The van der Waals surface area contributed by atoms with E-state index in [0.717, 1.165) is 17.5 Å². The minimum atomic E-state index is -0.847. The standard InChI is InChI=1S/C28H31N5O5S/c1-2-38-27(37)22-21-12-13-28(39-21)23(22)26(36)33(18(15-34)14-17-8-4-3-5-9-17)24(28)25(35)29-16-32-20-11-7-6-10-19(20)30-31-32/h3-11,18,21-24,34H,2,12-16H2,1H3,(H,29,35)/t18-,21-,22+,23+,24?,28?/m1/s1. The third-order valence-electron chi connectivity index (χ3n) is 8.29. The number of aromatic nitrogens is 3. The molecule has 6 rings (SSSR count). The topological polar surface area (TPSA) is 127 Å². The minimum absolute atomic E-state index is 0.0728. The number of hydrogen-bond acceptors (Lipinski definition) is 8. The Morgan fingerprint density at radius 2 is 1.97 bits per heavy atom. The first-order valence-electron chi connectivity index (χ1n) is 13.4. The van der Waals surface area contributed by atoms with E-state index in [4.69, 9.17) is 4.74 Å². The summed E-state index contributed by atoms with van der Waals surface area (Å²) in [6.45, 7) is 1.76. The lowest BCUT2D eigenvalue weighted by atomic mass is 9.71. The van der Waals surface area contributed by atoms with Crippen LogP contribution in [0.2, 0.25) is 0 Å². The Morgan fingerprint density at radius 3 is 2.74 bits per heavy atom. The summed E-state index contributed by atoms with van der Waals surface area (Å²) in [4.78, 5) is 42.9. The molecule has 2 amide bonds. The van der Waals surface area contributed by atoms with Crippen molar-refractivity contribution >= 4 is 40.6 Å². The van der Waals surface area contributed by atoms with Crippen LogP contribution in [0.3, 0.4) is 0 Å². The summed E-state index contributed by atoms with van der Waals surface area (Å²) in [5.41, 5.74) is 2.45. The number of para-hydroxylation sites is 1. The van der Waals surface area contributed by atoms with Crippen molar-refractivity contribution in [2.24, 2.45) is 11.8 Å². The van der Waals surface area contributed by atoms with Crippen LogP contribution in [0.25, 0.3) is 11.0 Å². The Balaban J connectivity index is 1.34. The molecular weight excluding hydrogens is 518 g/mol. The van der Waals surface area contributed by atoms with E-state index >= 15 is 0 Å². The smallest absolute Gasteiger partial charge is 0.310 e. The molecule has 4 heterocycles. The van der Waals surface area contributed by atoms with Crippen molar-refractivity contribution < 1.29 is 24.2 Å². The summed E-state index contributed by atoms with van der Waals surface area (Å²) in [7, 11) is 0. The molecule has 2 aromatic carbocycles. The lowest BCUT2D eigenvalue weighted by molar-refractivity contribution is -0.154. The van der Waals surface area contributed by atoms with Crippen molar-refractivity contribution in [1.29, 1.82) is 0 Å². The SMILES string of the molecule is CCOC(=O)[C@@H]1[C@H]2C(=O)N([C@@H](CO)Cc3ccccc3)C(C(=O)NCn3nnc4ccccc43)C23CC[C@H]1S3. The third-order valence-corrected chi connectivity index (χ3v) is 10.2.